The van der Waals surface area contributed by atoms with Crippen molar-refractivity contribution in [1.82, 2.24) is 0 Å². The molecule has 0 amide bonds. The van der Waals surface area contributed by atoms with Crippen LogP contribution >= 0.6 is 0 Å². The van der Waals surface area contributed by atoms with E-state index in [1.165, 1.54) is 205 Å². The van der Waals surface area contributed by atoms with Crippen molar-refractivity contribution in [2.24, 2.45) is 0 Å². The lowest BCUT2D eigenvalue weighted by Crippen LogP contribution is -2.30. The number of esters is 3. The Morgan fingerprint density at radius 2 is 0.458 bits per heavy atom. The highest BCUT2D eigenvalue weighted by Crippen LogP contribution is 2.17. The fraction of sp³-hybridized carbons (Fsp3) is 0.943. The number of ether oxygens (including phenoxy) is 3. The maximum absolute atomic E-state index is 12.7. The molecule has 0 spiro atoms. The maximum Gasteiger partial charge on any atom is 0.306 e. The summed E-state index contributed by atoms with van der Waals surface area (Å²) in [6.07, 6.45) is 52.4. The molecule has 0 unspecified atom stereocenters. The van der Waals surface area contributed by atoms with Gasteiger partial charge in [0.2, 0.25) is 0 Å². The van der Waals surface area contributed by atoms with E-state index in [4.69, 9.17) is 14.2 Å². The van der Waals surface area contributed by atoms with Crippen LogP contribution in [0, 0.1) is 0 Å². The Morgan fingerprint density at radius 1 is 0.271 bits per heavy atom. The zero-order valence-corrected chi connectivity index (χ0v) is 40.1. The van der Waals surface area contributed by atoms with Crippen molar-refractivity contribution < 1.29 is 28.6 Å². The normalized spacial score (nSPS) is 11.8. The molecule has 0 aliphatic rings. The molecule has 0 aliphatic carbocycles. The lowest BCUT2D eigenvalue weighted by atomic mass is 10.0. The molecule has 0 rings (SSSR count). The zero-order chi connectivity index (χ0) is 43.0. The molecule has 6 heteroatoms. The van der Waals surface area contributed by atoms with Crippen molar-refractivity contribution in [3.05, 3.63) is 0 Å². The van der Waals surface area contributed by atoms with Crippen LogP contribution in [0.2, 0.25) is 0 Å². The first kappa shape index (κ1) is 57.4. The Bertz CT molecular complexity index is 874. The third-order valence-electron chi connectivity index (χ3n) is 12.1. The predicted molar refractivity (Wildman–Crippen MR) is 252 cm³/mol. The van der Waals surface area contributed by atoms with Crippen molar-refractivity contribution in [2.45, 2.75) is 309 Å². The van der Waals surface area contributed by atoms with E-state index in [1.54, 1.807) is 0 Å². The summed E-state index contributed by atoms with van der Waals surface area (Å²) in [7, 11) is 0. The first-order valence-electron chi connectivity index (χ1n) is 26.5. The second-order valence-corrected chi connectivity index (χ2v) is 18.2. The van der Waals surface area contributed by atoms with E-state index in [0.717, 1.165) is 57.8 Å². The van der Waals surface area contributed by atoms with Crippen LogP contribution in [0.15, 0.2) is 0 Å². The minimum atomic E-state index is -0.759. The molecular formula is C53H102O6. The second-order valence-electron chi connectivity index (χ2n) is 18.2. The van der Waals surface area contributed by atoms with Gasteiger partial charge in [-0.1, -0.05) is 265 Å². The molecule has 1 atom stereocenters. The van der Waals surface area contributed by atoms with Crippen LogP contribution in [0.25, 0.3) is 0 Å². The van der Waals surface area contributed by atoms with Gasteiger partial charge in [-0.05, 0) is 19.3 Å². The molecule has 0 saturated heterocycles. The van der Waals surface area contributed by atoms with Crippen molar-refractivity contribution in [1.29, 1.82) is 0 Å². The quantitative estimate of drug-likeness (QED) is 0.0345. The van der Waals surface area contributed by atoms with Crippen LogP contribution < -0.4 is 0 Å². The molecule has 0 fully saturated rings. The van der Waals surface area contributed by atoms with Crippen molar-refractivity contribution in [3.63, 3.8) is 0 Å². The number of hydrogen-bond acceptors (Lipinski definition) is 6. The molecule has 0 bridgehead atoms. The van der Waals surface area contributed by atoms with E-state index in [0.29, 0.717) is 19.3 Å². The number of rotatable bonds is 49. The van der Waals surface area contributed by atoms with Crippen molar-refractivity contribution >= 4 is 17.9 Å². The van der Waals surface area contributed by atoms with Gasteiger partial charge < -0.3 is 14.2 Å². The van der Waals surface area contributed by atoms with Gasteiger partial charge in [-0.25, -0.2) is 0 Å². The Kier molecular flexibility index (Phi) is 47.7. The first-order chi connectivity index (χ1) is 29.0. The minimum Gasteiger partial charge on any atom is -0.462 e. The minimum absolute atomic E-state index is 0.0620. The topological polar surface area (TPSA) is 78.9 Å². The summed E-state index contributed by atoms with van der Waals surface area (Å²) in [5.74, 6) is -0.843. The largest absolute Gasteiger partial charge is 0.462 e. The van der Waals surface area contributed by atoms with Gasteiger partial charge in [-0.3, -0.25) is 14.4 Å². The van der Waals surface area contributed by atoms with Crippen molar-refractivity contribution in [2.75, 3.05) is 13.2 Å². The van der Waals surface area contributed by atoms with Gasteiger partial charge in [0.05, 0.1) is 0 Å². The first-order valence-corrected chi connectivity index (χ1v) is 26.5. The van der Waals surface area contributed by atoms with E-state index in [1.807, 2.05) is 0 Å². The number of hydrogen-bond donors (Lipinski definition) is 0. The molecule has 0 N–H and O–H groups in total. The summed E-state index contributed by atoms with van der Waals surface area (Å²) < 4.78 is 16.8. The van der Waals surface area contributed by atoms with Gasteiger partial charge >= 0.3 is 17.9 Å². The molecule has 0 saturated carbocycles. The van der Waals surface area contributed by atoms with Crippen molar-refractivity contribution in [3.8, 4) is 0 Å². The molecule has 350 valence electrons. The second kappa shape index (κ2) is 49.1. The SMILES string of the molecule is CCCCCCCCCCCCCCCCCCCCCC(=O)OC[C@H](COC(=O)CCCCCCCCCCCCCCC)OC(=O)CCCCCCCCCCC. The monoisotopic (exact) mass is 835 g/mol. The fourth-order valence-electron chi connectivity index (χ4n) is 8.09. The Hall–Kier alpha value is -1.59. The van der Waals surface area contributed by atoms with Crippen LogP contribution in [0.4, 0.5) is 0 Å². The van der Waals surface area contributed by atoms with E-state index < -0.39 is 6.10 Å². The van der Waals surface area contributed by atoms with Gasteiger partial charge in [0.25, 0.3) is 0 Å². The van der Waals surface area contributed by atoms with E-state index in [-0.39, 0.29) is 31.1 Å². The molecule has 59 heavy (non-hydrogen) atoms. The van der Waals surface area contributed by atoms with Gasteiger partial charge in [-0.15, -0.1) is 0 Å². The van der Waals surface area contributed by atoms with Crippen LogP contribution in [0.3, 0.4) is 0 Å². The Balaban J connectivity index is 4.19. The van der Waals surface area contributed by atoms with Gasteiger partial charge in [0, 0.05) is 19.3 Å². The highest BCUT2D eigenvalue weighted by Gasteiger charge is 2.19. The molecule has 0 aliphatic heterocycles. The third-order valence-corrected chi connectivity index (χ3v) is 12.1. The lowest BCUT2D eigenvalue weighted by Gasteiger charge is -2.18. The molecule has 0 heterocycles. The third kappa shape index (κ3) is 47.3. The summed E-state index contributed by atoms with van der Waals surface area (Å²) in [5, 5.41) is 0. The number of carbonyl (C=O) groups excluding carboxylic acids is 3. The van der Waals surface area contributed by atoms with Crippen LogP contribution in [0.5, 0.6) is 0 Å². The average molecular weight is 835 g/mol. The molecule has 0 radical (unpaired) electrons. The molecule has 0 aromatic carbocycles. The molecule has 0 aromatic rings. The maximum atomic E-state index is 12.7. The lowest BCUT2D eigenvalue weighted by molar-refractivity contribution is -0.167. The van der Waals surface area contributed by atoms with Crippen LogP contribution in [0.1, 0.15) is 303 Å². The zero-order valence-electron chi connectivity index (χ0n) is 40.1. The molecular weight excluding hydrogens is 733 g/mol. The summed E-state index contributed by atoms with van der Waals surface area (Å²) in [6.45, 7) is 6.67. The standard InChI is InChI=1S/C53H102O6/c1-4-7-10-13-16-19-21-23-24-25-26-27-28-30-32-35-37-40-43-46-52(55)58-49-50(59-53(56)47-44-41-38-33-18-15-12-9-6-3)48-57-51(54)45-42-39-36-34-31-29-22-20-17-14-11-8-5-2/h50H,4-49H2,1-3H3/t50-/m0/s1. The van der Waals surface area contributed by atoms with E-state index in [2.05, 4.69) is 20.8 Å². The van der Waals surface area contributed by atoms with Gasteiger partial charge in [0.15, 0.2) is 6.10 Å². The predicted octanol–water partition coefficient (Wildman–Crippen LogP) is 17.2. The van der Waals surface area contributed by atoms with Crippen LogP contribution in [-0.4, -0.2) is 37.2 Å². The smallest absolute Gasteiger partial charge is 0.306 e. The molecule has 6 nitrogen and oxygen atoms in total. The average Bonchev–Trinajstić information content (AvgIpc) is 3.23. The highest BCUT2D eigenvalue weighted by atomic mass is 16.6. The Labute approximate surface area is 368 Å². The summed E-state index contributed by atoms with van der Waals surface area (Å²) in [5.41, 5.74) is 0. The summed E-state index contributed by atoms with van der Waals surface area (Å²) in [4.78, 5) is 37.9. The fourth-order valence-corrected chi connectivity index (χ4v) is 8.09. The number of unbranched alkanes of at least 4 members (excludes halogenated alkanes) is 38. The number of carbonyl (C=O) groups is 3. The Morgan fingerprint density at radius 3 is 0.678 bits per heavy atom. The van der Waals surface area contributed by atoms with E-state index >= 15 is 0 Å². The summed E-state index contributed by atoms with van der Waals surface area (Å²) in [6, 6.07) is 0. The highest BCUT2D eigenvalue weighted by molar-refractivity contribution is 5.71. The summed E-state index contributed by atoms with van der Waals surface area (Å²) >= 11 is 0. The van der Waals surface area contributed by atoms with Gasteiger partial charge in [0.1, 0.15) is 13.2 Å². The molecule has 0 aromatic heterocycles. The van der Waals surface area contributed by atoms with E-state index in [9.17, 15) is 14.4 Å². The van der Waals surface area contributed by atoms with Crippen LogP contribution in [-0.2, 0) is 28.6 Å². The van der Waals surface area contributed by atoms with Gasteiger partial charge in [-0.2, -0.15) is 0 Å².